The average Bonchev–Trinajstić information content (AvgIpc) is 2.93. The van der Waals surface area contributed by atoms with E-state index in [0.717, 1.165) is 24.6 Å². The minimum Gasteiger partial charge on any atom is -0.363 e. The second-order valence-corrected chi connectivity index (χ2v) is 8.33. The number of fused-ring (bicyclic) bond motifs is 1. The second kappa shape index (κ2) is 6.83. The first-order valence-corrected chi connectivity index (χ1v) is 9.56. The molecule has 148 valence electrons. The fraction of sp³-hybridized carbons (Fsp3) is 0.409. The number of rotatable bonds is 2. The summed E-state index contributed by atoms with van der Waals surface area (Å²) in [5, 5.41) is 0. The average molecular weight is 388 g/mol. The Morgan fingerprint density at radius 2 is 1.79 bits per heavy atom. The SMILES string of the molecule is CC1(C)C[C@@H]2CN(C(=O)c3cccc(F)c3F)CC[C@@H]2N1c1ccc(F)cc1. The Morgan fingerprint density at radius 1 is 1.07 bits per heavy atom. The van der Waals surface area contributed by atoms with E-state index in [-0.39, 0.29) is 28.9 Å². The van der Waals surface area contributed by atoms with E-state index in [4.69, 9.17) is 0 Å². The molecule has 2 aromatic rings. The minimum absolute atomic E-state index is 0.143. The van der Waals surface area contributed by atoms with Crippen molar-refractivity contribution in [3.05, 3.63) is 65.5 Å². The van der Waals surface area contributed by atoms with Gasteiger partial charge in [-0.1, -0.05) is 6.07 Å². The summed E-state index contributed by atoms with van der Waals surface area (Å²) in [6.45, 7) is 5.27. The van der Waals surface area contributed by atoms with E-state index >= 15 is 0 Å². The topological polar surface area (TPSA) is 23.6 Å². The molecule has 0 saturated carbocycles. The Balaban J connectivity index is 1.56. The summed E-state index contributed by atoms with van der Waals surface area (Å²) in [6, 6.07) is 10.4. The highest BCUT2D eigenvalue weighted by molar-refractivity contribution is 5.94. The number of anilines is 1. The van der Waals surface area contributed by atoms with Crippen LogP contribution in [0.2, 0.25) is 0 Å². The Morgan fingerprint density at radius 3 is 2.50 bits per heavy atom. The quantitative estimate of drug-likeness (QED) is 0.749. The lowest BCUT2D eigenvalue weighted by Crippen LogP contribution is -2.50. The third-order valence-electron chi connectivity index (χ3n) is 6.01. The summed E-state index contributed by atoms with van der Waals surface area (Å²) in [7, 11) is 0. The van der Waals surface area contributed by atoms with Crippen LogP contribution in [0.1, 0.15) is 37.0 Å². The van der Waals surface area contributed by atoms with Crippen LogP contribution in [0.4, 0.5) is 18.9 Å². The number of piperidine rings is 1. The lowest BCUT2D eigenvalue weighted by atomic mass is 9.89. The summed E-state index contributed by atoms with van der Waals surface area (Å²) in [5.74, 6) is -2.61. The number of benzene rings is 2. The molecule has 6 heteroatoms. The lowest BCUT2D eigenvalue weighted by Gasteiger charge is -2.42. The number of likely N-dealkylation sites (tertiary alicyclic amines) is 1. The first kappa shape index (κ1) is 18.8. The molecule has 1 amide bonds. The molecule has 0 aromatic heterocycles. The lowest BCUT2D eigenvalue weighted by molar-refractivity contribution is 0.0661. The van der Waals surface area contributed by atoms with Gasteiger partial charge in [0.15, 0.2) is 11.6 Å². The number of hydrogen-bond donors (Lipinski definition) is 0. The molecule has 4 rings (SSSR count). The van der Waals surface area contributed by atoms with Gasteiger partial charge < -0.3 is 9.80 Å². The third-order valence-corrected chi connectivity index (χ3v) is 6.01. The zero-order valence-corrected chi connectivity index (χ0v) is 16.0. The predicted octanol–water partition coefficient (Wildman–Crippen LogP) is 4.62. The van der Waals surface area contributed by atoms with E-state index in [0.29, 0.717) is 13.1 Å². The maximum absolute atomic E-state index is 14.1. The fourth-order valence-electron chi connectivity index (χ4n) is 4.92. The third kappa shape index (κ3) is 3.15. The highest BCUT2D eigenvalue weighted by Gasteiger charge is 2.48. The summed E-state index contributed by atoms with van der Waals surface area (Å²) in [6.07, 6.45) is 1.60. The molecule has 0 bridgehead atoms. The van der Waals surface area contributed by atoms with Gasteiger partial charge >= 0.3 is 0 Å². The number of carbonyl (C=O) groups excluding carboxylic acids is 1. The molecular formula is C22H23F3N2O. The number of amides is 1. The van der Waals surface area contributed by atoms with Gasteiger partial charge in [-0.3, -0.25) is 4.79 Å². The first-order valence-electron chi connectivity index (χ1n) is 9.56. The van der Waals surface area contributed by atoms with Crippen molar-refractivity contribution in [2.24, 2.45) is 5.92 Å². The number of carbonyl (C=O) groups is 1. The molecule has 2 fully saturated rings. The van der Waals surface area contributed by atoms with Gasteiger partial charge in [-0.2, -0.15) is 0 Å². The predicted molar refractivity (Wildman–Crippen MR) is 102 cm³/mol. The van der Waals surface area contributed by atoms with Crippen LogP contribution in [0.5, 0.6) is 0 Å². The molecule has 28 heavy (non-hydrogen) atoms. The number of halogens is 3. The van der Waals surface area contributed by atoms with Crippen molar-refractivity contribution in [2.75, 3.05) is 18.0 Å². The highest BCUT2D eigenvalue weighted by Crippen LogP contribution is 2.44. The summed E-state index contributed by atoms with van der Waals surface area (Å²) >= 11 is 0. The molecule has 2 heterocycles. The van der Waals surface area contributed by atoms with Gasteiger partial charge in [0.2, 0.25) is 0 Å². The standard InChI is InChI=1S/C22H23F3N2O/c1-22(2)12-14-13-26(21(28)17-4-3-5-18(24)20(17)25)11-10-19(14)27(22)16-8-6-15(23)7-9-16/h3-9,14,19H,10-13H2,1-2H3/t14-,19+/m1/s1. The summed E-state index contributed by atoms with van der Waals surface area (Å²) < 4.78 is 40.9. The van der Waals surface area contributed by atoms with E-state index in [1.165, 1.54) is 24.3 Å². The van der Waals surface area contributed by atoms with Gasteiger partial charge in [0.1, 0.15) is 5.82 Å². The smallest absolute Gasteiger partial charge is 0.256 e. The van der Waals surface area contributed by atoms with E-state index in [9.17, 15) is 18.0 Å². The number of nitrogens with zero attached hydrogens (tertiary/aromatic N) is 2. The first-order chi connectivity index (χ1) is 13.3. The van der Waals surface area contributed by atoms with Gasteiger partial charge in [-0.15, -0.1) is 0 Å². The molecule has 2 atom stereocenters. The molecule has 0 spiro atoms. The molecule has 2 aliphatic heterocycles. The van der Waals surface area contributed by atoms with Crippen molar-refractivity contribution >= 4 is 11.6 Å². The molecule has 2 aliphatic rings. The fourth-order valence-corrected chi connectivity index (χ4v) is 4.92. The Hall–Kier alpha value is -2.50. The van der Waals surface area contributed by atoms with Crippen LogP contribution in [0.15, 0.2) is 42.5 Å². The van der Waals surface area contributed by atoms with Crippen molar-refractivity contribution < 1.29 is 18.0 Å². The molecule has 2 aromatic carbocycles. The van der Waals surface area contributed by atoms with Gasteiger partial charge in [-0.05, 0) is 69.0 Å². The highest BCUT2D eigenvalue weighted by atomic mass is 19.2. The van der Waals surface area contributed by atoms with Crippen LogP contribution in [0.25, 0.3) is 0 Å². The van der Waals surface area contributed by atoms with Crippen molar-refractivity contribution in [1.82, 2.24) is 4.90 Å². The molecule has 0 N–H and O–H groups in total. The van der Waals surface area contributed by atoms with Crippen molar-refractivity contribution in [3.63, 3.8) is 0 Å². The molecule has 0 aliphatic carbocycles. The van der Waals surface area contributed by atoms with E-state index in [1.54, 1.807) is 17.0 Å². The van der Waals surface area contributed by atoms with E-state index in [2.05, 4.69) is 18.7 Å². The Bertz CT molecular complexity index is 897. The maximum atomic E-state index is 14.1. The summed E-state index contributed by atoms with van der Waals surface area (Å²) in [4.78, 5) is 16.7. The van der Waals surface area contributed by atoms with Crippen molar-refractivity contribution in [2.45, 2.75) is 38.3 Å². The zero-order valence-electron chi connectivity index (χ0n) is 16.0. The van der Waals surface area contributed by atoms with Crippen LogP contribution >= 0.6 is 0 Å². The van der Waals surface area contributed by atoms with E-state index < -0.39 is 17.5 Å². The van der Waals surface area contributed by atoms with Gasteiger partial charge in [0, 0.05) is 30.4 Å². The van der Waals surface area contributed by atoms with Crippen LogP contribution < -0.4 is 4.90 Å². The van der Waals surface area contributed by atoms with Crippen LogP contribution in [0.3, 0.4) is 0 Å². The number of hydrogen-bond acceptors (Lipinski definition) is 2. The zero-order chi connectivity index (χ0) is 20.1. The van der Waals surface area contributed by atoms with Gasteiger partial charge in [0.05, 0.1) is 5.56 Å². The molecule has 2 saturated heterocycles. The Labute approximate surface area is 162 Å². The molecule has 0 radical (unpaired) electrons. The van der Waals surface area contributed by atoms with Crippen molar-refractivity contribution in [3.8, 4) is 0 Å². The van der Waals surface area contributed by atoms with Crippen LogP contribution in [0, 0.1) is 23.4 Å². The Kier molecular flexibility index (Phi) is 4.60. The van der Waals surface area contributed by atoms with Crippen molar-refractivity contribution in [1.29, 1.82) is 0 Å². The van der Waals surface area contributed by atoms with Crippen LogP contribution in [-0.4, -0.2) is 35.5 Å². The molecule has 0 unspecified atom stereocenters. The van der Waals surface area contributed by atoms with E-state index in [1.807, 2.05) is 0 Å². The largest absolute Gasteiger partial charge is 0.363 e. The summed E-state index contributed by atoms with van der Waals surface area (Å²) in [5.41, 5.74) is 0.608. The van der Waals surface area contributed by atoms with Crippen LogP contribution in [-0.2, 0) is 0 Å². The molecule has 3 nitrogen and oxygen atoms in total. The van der Waals surface area contributed by atoms with Gasteiger partial charge in [-0.25, -0.2) is 13.2 Å². The monoisotopic (exact) mass is 388 g/mol. The maximum Gasteiger partial charge on any atom is 0.256 e. The normalized spacial score (nSPS) is 23.6. The minimum atomic E-state index is -1.09. The van der Waals surface area contributed by atoms with Gasteiger partial charge in [0.25, 0.3) is 5.91 Å². The second-order valence-electron chi connectivity index (χ2n) is 8.33. The molecular weight excluding hydrogens is 365 g/mol.